The van der Waals surface area contributed by atoms with E-state index >= 15 is 0 Å². The standard InChI is InChI=1S/C14H16N2O2/c1-10(11-7-8-11)14-15-13(16-18-14)9-17-12-5-3-2-4-6-12/h2-6,10-11H,7-9H2,1H3. The van der Waals surface area contributed by atoms with Crippen molar-refractivity contribution in [3.63, 3.8) is 0 Å². The predicted molar refractivity (Wildman–Crippen MR) is 66.2 cm³/mol. The maximum absolute atomic E-state index is 5.58. The molecule has 1 aromatic heterocycles. The molecule has 0 amide bonds. The summed E-state index contributed by atoms with van der Waals surface area (Å²) in [6, 6.07) is 9.65. The Kier molecular flexibility index (Phi) is 3.00. The normalized spacial score (nSPS) is 16.5. The van der Waals surface area contributed by atoms with Gasteiger partial charge in [-0.1, -0.05) is 30.3 Å². The first-order chi connectivity index (χ1) is 8.83. The van der Waals surface area contributed by atoms with Crippen LogP contribution >= 0.6 is 0 Å². The van der Waals surface area contributed by atoms with E-state index in [1.807, 2.05) is 30.3 Å². The number of para-hydroxylation sites is 1. The maximum Gasteiger partial charge on any atom is 0.229 e. The molecule has 1 aromatic carbocycles. The molecule has 94 valence electrons. The van der Waals surface area contributed by atoms with Gasteiger partial charge in [-0.2, -0.15) is 4.98 Å². The van der Waals surface area contributed by atoms with E-state index in [9.17, 15) is 0 Å². The van der Waals surface area contributed by atoms with Crippen LogP contribution in [0.25, 0.3) is 0 Å². The molecular formula is C14H16N2O2. The van der Waals surface area contributed by atoms with Crippen molar-refractivity contribution in [2.75, 3.05) is 0 Å². The smallest absolute Gasteiger partial charge is 0.229 e. The Labute approximate surface area is 106 Å². The monoisotopic (exact) mass is 244 g/mol. The highest BCUT2D eigenvalue weighted by molar-refractivity contribution is 5.20. The summed E-state index contributed by atoms with van der Waals surface area (Å²) in [5.74, 6) is 3.28. The molecular weight excluding hydrogens is 228 g/mol. The van der Waals surface area contributed by atoms with Crippen molar-refractivity contribution in [3.8, 4) is 5.75 Å². The molecule has 1 heterocycles. The van der Waals surface area contributed by atoms with E-state index in [0.29, 0.717) is 18.3 Å². The summed E-state index contributed by atoms with van der Waals surface area (Å²) in [7, 11) is 0. The molecule has 1 saturated carbocycles. The number of ether oxygens (including phenoxy) is 1. The second kappa shape index (κ2) is 4.80. The van der Waals surface area contributed by atoms with Gasteiger partial charge in [0, 0.05) is 5.92 Å². The third-order valence-electron chi connectivity index (χ3n) is 3.31. The maximum atomic E-state index is 5.58. The fourth-order valence-electron chi connectivity index (χ4n) is 1.97. The number of hydrogen-bond donors (Lipinski definition) is 0. The van der Waals surface area contributed by atoms with Crippen molar-refractivity contribution in [1.82, 2.24) is 10.1 Å². The Hall–Kier alpha value is -1.84. The zero-order valence-corrected chi connectivity index (χ0v) is 10.4. The van der Waals surface area contributed by atoms with Crippen LogP contribution in [0.15, 0.2) is 34.9 Å². The first-order valence-electron chi connectivity index (χ1n) is 6.33. The van der Waals surface area contributed by atoms with E-state index in [-0.39, 0.29) is 0 Å². The van der Waals surface area contributed by atoms with Crippen LogP contribution in [-0.2, 0) is 6.61 Å². The first kappa shape index (κ1) is 11.3. The molecule has 0 aliphatic heterocycles. The van der Waals surface area contributed by atoms with Gasteiger partial charge in [-0.3, -0.25) is 0 Å². The Bertz CT molecular complexity index is 506. The summed E-state index contributed by atoms with van der Waals surface area (Å²) < 4.78 is 10.9. The molecule has 4 heteroatoms. The largest absolute Gasteiger partial charge is 0.485 e. The molecule has 4 nitrogen and oxygen atoms in total. The lowest BCUT2D eigenvalue weighted by molar-refractivity contribution is 0.283. The van der Waals surface area contributed by atoms with Gasteiger partial charge in [0.05, 0.1) is 0 Å². The van der Waals surface area contributed by atoms with E-state index in [1.54, 1.807) is 0 Å². The summed E-state index contributed by atoms with van der Waals surface area (Å²) >= 11 is 0. The molecule has 3 rings (SSSR count). The van der Waals surface area contributed by atoms with E-state index < -0.39 is 0 Å². The minimum absolute atomic E-state index is 0.352. The van der Waals surface area contributed by atoms with Crippen LogP contribution in [0.3, 0.4) is 0 Å². The van der Waals surface area contributed by atoms with Crippen LogP contribution in [-0.4, -0.2) is 10.1 Å². The van der Waals surface area contributed by atoms with Crippen LogP contribution in [0.5, 0.6) is 5.75 Å². The van der Waals surface area contributed by atoms with Gasteiger partial charge in [-0.15, -0.1) is 0 Å². The zero-order valence-electron chi connectivity index (χ0n) is 10.4. The van der Waals surface area contributed by atoms with Gasteiger partial charge in [0.15, 0.2) is 6.61 Å². The number of aromatic nitrogens is 2. The lowest BCUT2D eigenvalue weighted by Crippen LogP contribution is -1.99. The average molecular weight is 244 g/mol. The molecule has 1 aliphatic carbocycles. The summed E-state index contributed by atoms with van der Waals surface area (Å²) in [5, 5.41) is 3.95. The molecule has 1 atom stereocenters. The molecule has 0 saturated heterocycles. The Morgan fingerprint density at radius 1 is 1.33 bits per heavy atom. The molecule has 1 unspecified atom stereocenters. The highest BCUT2D eigenvalue weighted by Gasteiger charge is 2.32. The van der Waals surface area contributed by atoms with Crippen LogP contribution < -0.4 is 4.74 Å². The SMILES string of the molecule is CC(c1nc(COc2ccccc2)no1)C1CC1. The fourth-order valence-corrected chi connectivity index (χ4v) is 1.97. The van der Waals surface area contributed by atoms with E-state index in [4.69, 9.17) is 9.26 Å². The third kappa shape index (κ3) is 2.53. The summed E-state index contributed by atoms with van der Waals surface area (Å²) in [6.07, 6.45) is 2.55. The lowest BCUT2D eigenvalue weighted by atomic mass is 10.1. The first-order valence-corrected chi connectivity index (χ1v) is 6.33. The third-order valence-corrected chi connectivity index (χ3v) is 3.31. The van der Waals surface area contributed by atoms with Crippen molar-refractivity contribution in [2.24, 2.45) is 5.92 Å². The molecule has 0 spiro atoms. The molecule has 0 N–H and O–H groups in total. The van der Waals surface area contributed by atoms with Gasteiger partial charge >= 0.3 is 0 Å². The molecule has 18 heavy (non-hydrogen) atoms. The quantitative estimate of drug-likeness (QED) is 0.810. The zero-order chi connectivity index (χ0) is 12.4. The highest BCUT2D eigenvalue weighted by Crippen LogP contribution is 2.41. The minimum Gasteiger partial charge on any atom is -0.485 e. The second-order valence-electron chi connectivity index (χ2n) is 4.78. The molecule has 0 bridgehead atoms. The minimum atomic E-state index is 0.352. The molecule has 1 aliphatic rings. The van der Waals surface area contributed by atoms with Gasteiger partial charge in [-0.25, -0.2) is 0 Å². The Morgan fingerprint density at radius 2 is 2.11 bits per heavy atom. The summed E-state index contributed by atoms with van der Waals surface area (Å²) in [5.41, 5.74) is 0. The number of benzene rings is 1. The van der Waals surface area contributed by atoms with Gasteiger partial charge in [0.1, 0.15) is 5.75 Å². The summed E-state index contributed by atoms with van der Waals surface area (Å²) in [4.78, 5) is 4.38. The van der Waals surface area contributed by atoms with E-state index in [2.05, 4.69) is 17.1 Å². The average Bonchev–Trinajstić information content (AvgIpc) is 3.15. The van der Waals surface area contributed by atoms with Gasteiger partial charge in [0.25, 0.3) is 0 Å². The van der Waals surface area contributed by atoms with Gasteiger partial charge in [0.2, 0.25) is 11.7 Å². The summed E-state index contributed by atoms with van der Waals surface area (Å²) in [6.45, 7) is 2.50. The van der Waals surface area contributed by atoms with Crippen LogP contribution in [0.1, 0.15) is 37.4 Å². The van der Waals surface area contributed by atoms with Gasteiger partial charge in [-0.05, 0) is 30.9 Å². The van der Waals surface area contributed by atoms with Crippen molar-refractivity contribution < 1.29 is 9.26 Å². The van der Waals surface area contributed by atoms with E-state index in [1.165, 1.54) is 12.8 Å². The van der Waals surface area contributed by atoms with Crippen LogP contribution in [0, 0.1) is 5.92 Å². The lowest BCUT2D eigenvalue weighted by Gasteiger charge is -2.02. The number of hydrogen-bond acceptors (Lipinski definition) is 4. The molecule has 2 aromatic rings. The van der Waals surface area contributed by atoms with E-state index in [0.717, 1.165) is 17.6 Å². The highest BCUT2D eigenvalue weighted by atomic mass is 16.5. The number of nitrogens with zero attached hydrogens (tertiary/aromatic N) is 2. The van der Waals surface area contributed by atoms with Gasteiger partial charge < -0.3 is 9.26 Å². The predicted octanol–water partition coefficient (Wildman–Crippen LogP) is 3.16. The van der Waals surface area contributed by atoms with Crippen LogP contribution in [0.4, 0.5) is 0 Å². The van der Waals surface area contributed by atoms with Crippen molar-refractivity contribution in [1.29, 1.82) is 0 Å². The second-order valence-corrected chi connectivity index (χ2v) is 4.78. The van der Waals surface area contributed by atoms with Crippen molar-refractivity contribution >= 4 is 0 Å². The topological polar surface area (TPSA) is 48.2 Å². The molecule has 0 radical (unpaired) electrons. The number of rotatable bonds is 5. The fraction of sp³-hybridized carbons (Fsp3) is 0.429. The van der Waals surface area contributed by atoms with Crippen LogP contribution in [0.2, 0.25) is 0 Å². The Balaban J connectivity index is 1.60. The van der Waals surface area contributed by atoms with Crippen molar-refractivity contribution in [3.05, 3.63) is 42.0 Å². The van der Waals surface area contributed by atoms with Crippen molar-refractivity contribution in [2.45, 2.75) is 32.3 Å². The molecule has 1 fully saturated rings. The Morgan fingerprint density at radius 3 is 2.83 bits per heavy atom.